The molecule has 0 aliphatic heterocycles. The number of aromatic nitrogens is 1. The number of aryl methyl sites for hydroxylation is 1. The first kappa shape index (κ1) is 17.9. The van der Waals surface area contributed by atoms with Crippen LogP contribution < -0.4 is 0 Å². The molecule has 138 valence electrons. The molecular weight excluding hydrogens is 348 g/mol. The van der Waals surface area contributed by atoms with Gasteiger partial charge >= 0.3 is 5.97 Å². The lowest BCUT2D eigenvalue weighted by Crippen LogP contribution is -2.16. The van der Waals surface area contributed by atoms with Gasteiger partial charge in [0.2, 0.25) is 0 Å². The molecule has 0 fully saturated rings. The first-order chi connectivity index (χ1) is 13.6. The van der Waals surface area contributed by atoms with Gasteiger partial charge in [-0.05, 0) is 55.5 Å². The molecule has 0 saturated carbocycles. The van der Waals surface area contributed by atoms with Crippen LogP contribution in [0.3, 0.4) is 0 Å². The van der Waals surface area contributed by atoms with Crippen molar-refractivity contribution in [1.29, 1.82) is 5.26 Å². The van der Waals surface area contributed by atoms with Crippen molar-refractivity contribution in [2.45, 2.75) is 32.8 Å². The quantitative estimate of drug-likeness (QED) is 0.604. The maximum absolute atomic E-state index is 12.9. The van der Waals surface area contributed by atoms with Gasteiger partial charge in [0.1, 0.15) is 6.07 Å². The van der Waals surface area contributed by atoms with E-state index in [1.807, 2.05) is 30.3 Å². The predicted molar refractivity (Wildman–Crippen MR) is 110 cm³/mol. The first-order valence-electron chi connectivity index (χ1n) is 9.36. The van der Waals surface area contributed by atoms with Gasteiger partial charge in [-0.25, -0.2) is 9.78 Å². The minimum Gasteiger partial charge on any atom is -0.444 e. The summed E-state index contributed by atoms with van der Waals surface area (Å²) in [6.07, 6.45) is 2.90. The number of hydrogen-bond acceptors (Lipinski definition) is 4. The molecule has 4 heteroatoms. The molecule has 4 nitrogen and oxygen atoms in total. The highest BCUT2D eigenvalue weighted by molar-refractivity contribution is 6.07. The van der Waals surface area contributed by atoms with Gasteiger partial charge in [-0.3, -0.25) is 0 Å². The summed E-state index contributed by atoms with van der Waals surface area (Å²) in [4.78, 5) is 17.7. The molecule has 1 heterocycles. The van der Waals surface area contributed by atoms with Gasteiger partial charge in [0.15, 0.2) is 6.10 Å². The zero-order chi connectivity index (χ0) is 19.7. The number of pyridine rings is 1. The van der Waals surface area contributed by atoms with E-state index < -0.39 is 12.1 Å². The van der Waals surface area contributed by atoms with E-state index in [0.29, 0.717) is 5.56 Å². The molecule has 28 heavy (non-hydrogen) atoms. The Morgan fingerprint density at radius 1 is 1.18 bits per heavy atom. The summed E-state index contributed by atoms with van der Waals surface area (Å²) in [6, 6.07) is 17.9. The highest BCUT2D eigenvalue weighted by Gasteiger charge is 2.28. The number of nitrogens with zero attached hydrogens (tertiary/aromatic N) is 2. The average Bonchev–Trinajstić information content (AvgIpc) is 3.09. The Labute approximate surface area is 164 Å². The Morgan fingerprint density at radius 2 is 1.93 bits per heavy atom. The molecule has 3 aromatic rings. The standard InChI is InChI=1S/C24H20N2O2/c1-15-7-9-17(10-8-15)13-18-11-12-20-22(24(27)28-16(2)14-25)19-5-3-4-6-21(19)26-23(18)20/h3-10,13,16H,11-12H2,1-2H3/b18-13+/t16-/m1/s1. The highest BCUT2D eigenvalue weighted by Crippen LogP contribution is 2.37. The number of para-hydroxylation sites is 1. The molecule has 0 amide bonds. The Hall–Kier alpha value is -3.45. The Balaban J connectivity index is 1.86. The fourth-order valence-corrected chi connectivity index (χ4v) is 3.62. The van der Waals surface area contributed by atoms with E-state index in [9.17, 15) is 4.79 Å². The molecule has 2 aromatic carbocycles. The summed E-state index contributed by atoms with van der Waals surface area (Å²) in [5, 5.41) is 9.79. The van der Waals surface area contributed by atoms with Gasteiger partial charge in [0.05, 0.1) is 16.8 Å². The van der Waals surface area contributed by atoms with Gasteiger partial charge in [-0.1, -0.05) is 48.0 Å². The van der Waals surface area contributed by atoms with E-state index in [0.717, 1.165) is 46.1 Å². The zero-order valence-corrected chi connectivity index (χ0v) is 15.9. The van der Waals surface area contributed by atoms with Crippen LogP contribution in [0.4, 0.5) is 0 Å². The monoisotopic (exact) mass is 368 g/mol. The number of allylic oxidation sites excluding steroid dienone is 1. The largest absolute Gasteiger partial charge is 0.444 e. The molecular formula is C24H20N2O2. The number of rotatable bonds is 3. The molecule has 0 saturated heterocycles. The van der Waals surface area contributed by atoms with Crippen molar-refractivity contribution < 1.29 is 9.53 Å². The maximum atomic E-state index is 12.9. The second kappa shape index (κ2) is 7.28. The number of esters is 1. The summed E-state index contributed by atoms with van der Waals surface area (Å²) in [5.41, 5.74) is 6.51. The van der Waals surface area contributed by atoms with Crippen LogP contribution >= 0.6 is 0 Å². The second-order valence-corrected chi connectivity index (χ2v) is 7.09. The fraction of sp³-hybridized carbons (Fsp3) is 0.208. The Kier molecular flexibility index (Phi) is 4.67. The first-order valence-corrected chi connectivity index (χ1v) is 9.36. The molecule has 0 N–H and O–H groups in total. The summed E-state index contributed by atoms with van der Waals surface area (Å²) in [6.45, 7) is 3.64. The van der Waals surface area contributed by atoms with Gasteiger partial charge in [-0.15, -0.1) is 0 Å². The number of carbonyl (C=O) groups excluding carboxylic acids is 1. The van der Waals surface area contributed by atoms with E-state index in [4.69, 9.17) is 15.0 Å². The van der Waals surface area contributed by atoms with Crippen molar-refractivity contribution >= 4 is 28.5 Å². The second-order valence-electron chi connectivity index (χ2n) is 7.09. The summed E-state index contributed by atoms with van der Waals surface area (Å²) in [5.74, 6) is -0.458. The van der Waals surface area contributed by atoms with Crippen LogP contribution in [0.2, 0.25) is 0 Å². The van der Waals surface area contributed by atoms with Crippen molar-refractivity contribution in [3.8, 4) is 6.07 Å². The lowest BCUT2D eigenvalue weighted by Gasteiger charge is -2.13. The predicted octanol–water partition coefficient (Wildman–Crippen LogP) is 5.10. The average molecular weight is 368 g/mol. The van der Waals surface area contributed by atoms with Crippen LogP contribution in [0.25, 0.3) is 22.6 Å². The van der Waals surface area contributed by atoms with Crippen LogP contribution in [0, 0.1) is 18.3 Å². The number of ether oxygens (including phenoxy) is 1. The number of nitriles is 1. The van der Waals surface area contributed by atoms with E-state index >= 15 is 0 Å². The van der Waals surface area contributed by atoms with Gasteiger partial charge in [-0.2, -0.15) is 5.26 Å². The van der Waals surface area contributed by atoms with Crippen LogP contribution in [0.5, 0.6) is 0 Å². The molecule has 0 bridgehead atoms. The molecule has 1 aliphatic carbocycles. The zero-order valence-electron chi connectivity index (χ0n) is 15.9. The smallest absolute Gasteiger partial charge is 0.340 e. The minimum atomic E-state index is -0.793. The van der Waals surface area contributed by atoms with Gasteiger partial charge < -0.3 is 4.74 Å². The third kappa shape index (κ3) is 3.27. The maximum Gasteiger partial charge on any atom is 0.340 e. The van der Waals surface area contributed by atoms with Crippen LogP contribution in [-0.4, -0.2) is 17.1 Å². The molecule has 4 rings (SSSR count). The van der Waals surface area contributed by atoms with E-state index in [-0.39, 0.29) is 0 Å². The molecule has 1 aliphatic rings. The van der Waals surface area contributed by atoms with Crippen LogP contribution in [0.1, 0.15) is 46.1 Å². The van der Waals surface area contributed by atoms with Crippen LogP contribution in [-0.2, 0) is 11.2 Å². The van der Waals surface area contributed by atoms with E-state index in [2.05, 4.69) is 37.3 Å². The molecule has 0 spiro atoms. The van der Waals surface area contributed by atoms with E-state index in [1.165, 1.54) is 5.56 Å². The van der Waals surface area contributed by atoms with Gasteiger partial charge in [0, 0.05) is 5.39 Å². The lowest BCUT2D eigenvalue weighted by molar-refractivity contribution is 0.0436. The number of benzene rings is 2. The number of hydrogen-bond donors (Lipinski definition) is 0. The summed E-state index contributed by atoms with van der Waals surface area (Å²) < 4.78 is 5.34. The normalized spacial score (nSPS) is 15.2. The summed E-state index contributed by atoms with van der Waals surface area (Å²) in [7, 11) is 0. The highest BCUT2D eigenvalue weighted by atomic mass is 16.5. The molecule has 1 atom stereocenters. The molecule has 1 aromatic heterocycles. The Morgan fingerprint density at radius 3 is 2.68 bits per heavy atom. The van der Waals surface area contributed by atoms with Crippen molar-refractivity contribution in [3.63, 3.8) is 0 Å². The summed E-state index contributed by atoms with van der Waals surface area (Å²) >= 11 is 0. The SMILES string of the molecule is Cc1ccc(/C=C2\CCc3c2nc2ccccc2c3C(=O)O[C@H](C)C#N)cc1. The van der Waals surface area contributed by atoms with Crippen molar-refractivity contribution in [2.24, 2.45) is 0 Å². The number of fused-ring (bicyclic) bond motifs is 2. The van der Waals surface area contributed by atoms with Crippen LogP contribution in [0.15, 0.2) is 48.5 Å². The number of carbonyl (C=O) groups is 1. The van der Waals surface area contributed by atoms with Crippen molar-refractivity contribution in [1.82, 2.24) is 4.98 Å². The Bertz CT molecular complexity index is 1140. The topological polar surface area (TPSA) is 63.0 Å². The van der Waals surface area contributed by atoms with E-state index in [1.54, 1.807) is 6.92 Å². The van der Waals surface area contributed by atoms with Gasteiger partial charge in [0.25, 0.3) is 0 Å². The fourth-order valence-electron chi connectivity index (χ4n) is 3.62. The third-order valence-electron chi connectivity index (χ3n) is 5.03. The third-order valence-corrected chi connectivity index (χ3v) is 5.03. The van der Waals surface area contributed by atoms with Crippen molar-refractivity contribution in [2.75, 3.05) is 0 Å². The molecule has 0 unspecified atom stereocenters. The minimum absolute atomic E-state index is 0.458. The molecule has 0 radical (unpaired) electrons. The van der Waals surface area contributed by atoms with Crippen molar-refractivity contribution in [3.05, 3.63) is 76.5 Å². The lowest BCUT2D eigenvalue weighted by atomic mass is 10.0.